The lowest BCUT2D eigenvalue weighted by atomic mass is 10.1. The number of carbonyl (C=O) groups is 1. The second kappa shape index (κ2) is 10.5. The molecule has 0 aliphatic carbocycles. The zero-order valence-corrected chi connectivity index (χ0v) is 19.4. The van der Waals surface area contributed by atoms with Crippen molar-refractivity contribution >= 4 is 38.9 Å². The molecule has 31 heavy (non-hydrogen) atoms. The van der Waals surface area contributed by atoms with Crippen LogP contribution in [0.3, 0.4) is 0 Å². The highest BCUT2D eigenvalue weighted by atomic mass is 35.5. The van der Waals surface area contributed by atoms with Gasteiger partial charge in [0.15, 0.2) is 0 Å². The molecule has 2 aromatic rings. The van der Waals surface area contributed by atoms with E-state index in [4.69, 9.17) is 11.6 Å². The van der Waals surface area contributed by atoms with Gasteiger partial charge in [-0.2, -0.15) is 0 Å². The first-order valence-electron chi connectivity index (χ1n) is 10.4. The third kappa shape index (κ3) is 5.98. The van der Waals surface area contributed by atoms with E-state index in [0.29, 0.717) is 11.4 Å². The SMILES string of the molecule is CCN1CCN(c2ccc(NC(=O)CCl)cc2S(=O)(=O)N[C@H](C)c2ccccc2)CC1. The second-order valence-electron chi connectivity index (χ2n) is 7.54. The summed E-state index contributed by atoms with van der Waals surface area (Å²) in [6.07, 6.45) is 0. The van der Waals surface area contributed by atoms with E-state index in [1.54, 1.807) is 12.1 Å². The monoisotopic (exact) mass is 464 g/mol. The summed E-state index contributed by atoms with van der Waals surface area (Å²) in [4.78, 5) is 16.3. The second-order valence-corrected chi connectivity index (χ2v) is 9.49. The van der Waals surface area contributed by atoms with Gasteiger partial charge in [0.1, 0.15) is 10.8 Å². The van der Waals surface area contributed by atoms with Crippen LogP contribution in [0.25, 0.3) is 0 Å². The van der Waals surface area contributed by atoms with Crippen LogP contribution in [0.15, 0.2) is 53.4 Å². The van der Waals surface area contributed by atoms with Crippen molar-refractivity contribution in [3.63, 3.8) is 0 Å². The van der Waals surface area contributed by atoms with Gasteiger partial charge in [0.05, 0.1) is 5.69 Å². The first-order valence-corrected chi connectivity index (χ1v) is 12.4. The molecule has 1 heterocycles. The fraction of sp³-hybridized carbons (Fsp3) is 0.409. The van der Waals surface area contributed by atoms with E-state index in [1.807, 2.05) is 37.3 Å². The van der Waals surface area contributed by atoms with E-state index in [0.717, 1.165) is 38.3 Å². The number of nitrogens with zero attached hydrogens (tertiary/aromatic N) is 2. The number of carbonyl (C=O) groups excluding carboxylic acids is 1. The summed E-state index contributed by atoms with van der Waals surface area (Å²) < 4.78 is 29.6. The molecule has 1 fully saturated rings. The Morgan fingerprint density at radius 1 is 1.10 bits per heavy atom. The Bertz CT molecular complexity index is 993. The summed E-state index contributed by atoms with van der Waals surface area (Å²) in [6, 6.07) is 14.0. The number of likely N-dealkylation sites (N-methyl/N-ethyl adjacent to an activating group) is 1. The van der Waals surface area contributed by atoms with Gasteiger partial charge in [-0.3, -0.25) is 4.79 Å². The number of alkyl halides is 1. The fourth-order valence-electron chi connectivity index (χ4n) is 3.67. The lowest BCUT2D eigenvalue weighted by molar-refractivity contribution is -0.113. The molecule has 168 valence electrons. The number of rotatable bonds is 8. The number of benzene rings is 2. The van der Waals surface area contributed by atoms with E-state index >= 15 is 0 Å². The van der Waals surface area contributed by atoms with Crippen LogP contribution in [0.2, 0.25) is 0 Å². The lowest BCUT2D eigenvalue weighted by Gasteiger charge is -2.36. The van der Waals surface area contributed by atoms with Gasteiger partial charge in [0.25, 0.3) is 0 Å². The molecular formula is C22H29ClN4O3S. The standard InChI is InChI=1S/C22H29ClN4O3S/c1-3-26-11-13-27(14-12-26)20-10-9-19(24-22(28)16-23)15-21(20)31(29,30)25-17(2)18-7-5-4-6-8-18/h4-10,15,17,25H,3,11-14,16H2,1-2H3,(H,24,28)/t17-/m1/s1. The minimum absolute atomic E-state index is 0.146. The van der Waals surface area contributed by atoms with E-state index in [2.05, 4.69) is 26.8 Å². The number of amides is 1. The predicted octanol–water partition coefficient (Wildman–Crippen LogP) is 3.05. The molecule has 3 rings (SSSR count). The van der Waals surface area contributed by atoms with Crippen LogP contribution in [0.5, 0.6) is 0 Å². The average Bonchev–Trinajstić information content (AvgIpc) is 2.79. The van der Waals surface area contributed by atoms with Crippen molar-refractivity contribution < 1.29 is 13.2 Å². The minimum Gasteiger partial charge on any atom is -0.368 e. The molecule has 1 atom stereocenters. The molecule has 2 aromatic carbocycles. The molecule has 1 aliphatic heterocycles. The number of sulfonamides is 1. The van der Waals surface area contributed by atoms with Gasteiger partial charge >= 0.3 is 0 Å². The zero-order valence-electron chi connectivity index (χ0n) is 17.8. The van der Waals surface area contributed by atoms with Crippen LogP contribution in [-0.2, 0) is 14.8 Å². The Morgan fingerprint density at radius 2 is 1.77 bits per heavy atom. The zero-order chi connectivity index (χ0) is 22.4. The number of hydrogen-bond donors (Lipinski definition) is 2. The quantitative estimate of drug-likeness (QED) is 0.587. The summed E-state index contributed by atoms with van der Waals surface area (Å²) in [5.41, 5.74) is 1.90. The van der Waals surface area contributed by atoms with Gasteiger partial charge in [-0.15, -0.1) is 11.6 Å². The molecular weight excluding hydrogens is 436 g/mol. The van der Waals surface area contributed by atoms with Gasteiger partial charge < -0.3 is 15.1 Å². The lowest BCUT2D eigenvalue weighted by Crippen LogP contribution is -2.46. The molecule has 7 nitrogen and oxygen atoms in total. The topological polar surface area (TPSA) is 81.8 Å². The fourth-order valence-corrected chi connectivity index (χ4v) is 5.22. The summed E-state index contributed by atoms with van der Waals surface area (Å²) in [5.74, 6) is -0.591. The van der Waals surface area contributed by atoms with E-state index < -0.39 is 16.1 Å². The molecule has 1 aliphatic rings. The maximum atomic E-state index is 13.4. The van der Waals surface area contributed by atoms with Gasteiger partial charge in [-0.1, -0.05) is 37.3 Å². The van der Waals surface area contributed by atoms with E-state index in [-0.39, 0.29) is 16.7 Å². The van der Waals surface area contributed by atoms with Crippen molar-refractivity contribution in [1.29, 1.82) is 0 Å². The van der Waals surface area contributed by atoms with Crippen molar-refractivity contribution in [1.82, 2.24) is 9.62 Å². The Kier molecular flexibility index (Phi) is 7.94. The molecule has 0 spiro atoms. The number of nitrogens with one attached hydrogen (secondary N) is 2. The first-order chi connectivity index (χ1) is 14.8. The highest BCUT2D eigenvalue weighted by molar-refractivity contribution is 7.89. The van der Waals surface area contributed by atoms with Crippen LogP contribution >= 0.6 is 11.6 Å². The Balaban J connectivity index is 1.93. The van der Waals surface area contributed by atoms with Crippen LogP contribution in [0.1, 0.15) is 25.5 Å². The first kappa shape index (κ1) is 23.5. The number of anilines is 2. The molecule has 1 saturated heterocycles. The van der Waals surface area contributed by atoms with Gasteiger partial charge in [0, 0.05) is 37.9 Å². The molecule has 2 N–H and O–H groups in total. The maximum Gasteiger partial charge on any atom is 0.243 e. The van der Waals surface area contributed by atoms with E-state index in [9.17, 15) is 13.2 Å². The largest absolute Gasteiger partial charge is 0.368 e. The van der Waals surface area contributed by atoms with Crippen molar-refractivity contribution in [2.75, 3.05) is 48.8 Å². The molecule has 0 radical (unpaired) electrons. The van der Waals surface area contributed by atoms with Crippen LogP contribution in [-0.4, -0.2) is 57.8 Å². The van der Waals surface area contributed by atoms with Crippen LogP contribution in [0.4, 0.5) is 11.4 Å². The number of hydrogen-bond acceptors (Lipinski definition) is 5. The van der Waals surface area contributed by atoms with Crippen molar-refractivity contribution in [3.05, 3.63) is 54.1 Å². The Labute approximate surface area is 189 Å². The average molecular weight is 465 g/mol. The summed E-state index contributed by atoms with van der Waals surface area (Å²) in [6.45, 7) is 8.11. The molecule has 9 heteroatoms. The summed E-state index contributed by atoms with van der Waals surface area (Å²) >= 11 is 5.59. The molecule has 0 saturated carbocycles. The molecule has 0 aromatic heterocycles. The van der Waals surface area contributed by atoms with Gasteiger partial charge in [0.2, 0.25) is 15.9 Å². The predicted molar refractivity (Wildman–Crippen MR) is 125 cm³/mol. The molecule has 0 unspecified atom stereocenters. The highest BCUT2D eigenvalue weighted by Crippen LogP contribution is 2.30. The number of halogens is 1. The molecule has 1 amide bonds. The Morgan fingerprint density at radius 3 is 2.39 bits per heavy atom. The highest BCUT2D eigenvalue weighted by Gasteiger charge is 2.27. The number of piperazine rings is 1. The third-order valence-corrected chi connectivity index (χ3v) is 7.26. The smallest absolute Gasteiger partial charge is 0.243 e. The Hall–Kier alpha value is -2.13. The minimum atomic E-state index is -3.86. The van der Waals surface area contributed by atoms with Gasteiger partial charge in [-0.05, 0) is 37.2 Å². The normalized spacial score (nSPS) is 16.2. The summed E-state index contributed by atoms with van der Waals surface area (Å²) in [5, 5.41) is 2.65. The van der Waals surface area contributed by atoms with Crippen molar-refractivity contribution in [2.45, 2.75) is 24.8 Å². The summed E-state index contributed by atoms with van der Waals surface area (Å²) in [7, 11) is -3.86. The maximum absolute atomic E-state index is 13.4. The van der Waals surface area contributed by atoms with Crippen LogP contribution < -0.4 is 14.9 Å². The third-order valence-electron chi connectivity index (χ3n) is 5.45. The van der Waals surface area contributed by atoms with Crippen molar-refractivity contribution in [3.8, 4) is 0 Å². The van der Waals surface area contributed by atoms with Gasteiger partial charge in [-0.25, -0.2) is 13.1 Å². The molecule has 0 bridgehead atoms. The van der Waals surface area contributed by atoms with E-state index in [1.165, 1.54) is 6.07 Å². The van der Waals surface area contributed by atoms with Crippen LogP contribution in [0, 0.1) is 0 Å². The van der Waals surface area contributed by atoms with Crippen molar-refractivity contribution in [2.24, 2.45) is 0 Å².